The number of aliphatic hydroxyl groups excluding tert-OH is 1. The van der Waals surface area contributed by atoms with E-state index in [9.17, 15) is 5.11 Å². The first-order valence-corrected chi connectivity index (χ1v) is 21.1. The summed E-state index contributed by atoms with van der Waals surface area (Å²) in [6, 6.07) is 40.7. The van der Waals surface area contributed by atoms with Crippen LogP contribution < -0.4 is 0 Å². The van der Waals surface area contributed by atoms with E-state index in [-0.39, 0.29) is 36.6 Å². The summed E-state index contributed by atoms with van der Waals surface area (Å²) >= 11 is 0. The first kappa shape index (κ1) is 41.3. The molecule has 4 aliphatic heterocycles. The van der Waals surface area contributed by atoms with Crippen LogP contribution in [0.2, 0.25) is 0 Å². The molecule has 4 saturated heterocycles. The predicted octanol–water partition coefficient (Wildman–Crippen LogP) is 8.14. The van der Waals surface area contributed by atoms with Gasteiger partial charge in [-0.1, -0.05) is 121 Å². The number of benzene rings is 4. The highest BCUT2D eigenvalue weighted by molar-refractivity contribution is 5.17. The molecule has 0 amide bonds. The van der Waals surface area contributed by atoms with Crippen molar-refractivity contribution in [3.05, 3.63) is 144 Å². The third-order valence-electron chi connectivity index (χ3n) is 12.8. The largest absolute Gasteiger partial charge is 0.390 e. The number of hydrogen-bond acceptors (Lipinski definition) is 9. The lowest BCUT2D eigenvalue weighted by molar-refractivity contribution is -0.349. The van der Waals surface area contributed by atoms with Crippen LogP contribution in [0.4, 0.5) is 0 Å². The number of aliphatic hydroxyl groups is 1. The van der Waals surface area contributed by atoms with Crippen molar-refractivity contribution in [3.63, 3.8) is 0 Å². The second-order valence-corrected chi connectivity index (χ2v) is 17.3. The molecule has 8 rings (SSSR count). The van der Waals surface area contributed by atoms with E-state index >= 15 is 0 Å². The first-order chi connectivity index (χ1) is 28.2. The zero-order valence-electron chi connectivity index (χ0n) is 34.2. The fraction of sp³-hybridized carbons (Fsp3) is 0.510. The van der Waals surface area contributed by atoms with Gasteiger partial charge in [-0.3, -0.25) is 0 Å². The Balaban J connectivity index is 0.953. The lowest BCUT2D eigenvalue weighted by atomic mass is 9.75. The fourth-order valence-corrected chi connectivity index (χ4v) is 9.27. The average molecular weight is 793 g/mol. The summed E-state index contributed by atoms with van der Waals surface area (Å²) in [7, 11) is 0. The third-order valence-corrected chi connectivity index (χ3v) is 12.8. The molecule has 0 aliphatic carbocycles. The Morgan fingerprint density at radius 1 is 0.586 bits per heavy atom. The van der Waals surface area contributed by atoms with Gasteiger partial charge in [0.05, 0.1) is 88.0 Å². The Bertz CT molecular complexity index is 1850. The topological polar surface area (TPSA) is 94.1 Å². The van der Waals surface area contributed by atoms with Crippen molar-refractivity contribution < 1.29 is 43.0 Å². The van der Waals surface area contributed by atoms with Crippen molar-refractivity contribution in [2.24, 2.45) is 0 Å². The second-order valence-electron chi connectivity index (χ2n) is 17.3. The van der Waals surface area contributed by atoms with Crippen LogP contribution in [0, 0.1) is 0 Å². The Morgan fingerprint density at radius 2 is 1.14 bits per heavy atom. The van der Waals surface area contributed by atoms with E-state index < -0.39 is 29.0 Å². The monoisotopic (exact) mass is 792 g/mol. The van der Waals surface area contributed by atoms with E-state index in [1.54, 1.807) is 0 Å². The minimum absolute atomic E-state index is 0.120. The summed E-state index contributed by atoms with van der Waals surface area (Å²) in [4.78, 5) is 0. The van der Waals surface area contributed by atoms with Gasteiger partial charge in [0.15, 0.2) is 0 Å². The molecule has 0 bridgehead atoms. The maximum Gasteiger partial charge on any atom is 0.118 e. The van der Waals surface area contributed by atoms with Gasteiger partial charge in [-0.05, 0) is 55.9 Å². The van der Waals surface area contributed by atoms with E-state index in [1.165, 1.54) is 0 Å². The summed E-state index contributed by atoms with van der Waals surface area (Å²) in [5, 5.41) is 11.9. The fourth-order valence-electron chi connectivity index (χ4n) is 9.27. The van der Waals surface area contributed by atoms with Crippen LogP contribution in [0.5, 0.6) is 0 Å². The molecule has 0 aromatic heterocycles. The molecule has 1 N–H and O–H groups in total. The molecule has 4 heterocycles. The molecule has 0 unspecified atom stereocenters. The molecular weight excluding hydrogens is 733 g/mol. The molecule has 0 spiro atoms. The second kappa shape index (κ2) is 18.4. The van der Waals surface area contributed by atoms with Crippen LogP contribution in [0.15, 0.2) is 121 Å². The smallest absolute Gasteiger partial charge is 0.118 e. The van der Waals surface area contributed by atoms with Crippen molar-refractivity contribution in [1.82, 2.24) is 0 Å². The number of rotatable bonds is 15. The molecule has 4 aliphatic rings. The van der Waals surface area contributed by atoms with E-state index in [0.717, 1.165) is 28.7 Å². The molecule has 11 atom stereocenters. The van der Waals surface area contributed by atoms with Crippen LogP contribution in [0.25, 0.3) is 0 Å². The minimum atomic E-state index is -0.983. The molecule has 4 aromatic rings. The van der Waals surface area contributed by atoms with Crippen LogP contribution in [-0.4, -0.2) is 84.0 Å². The summed E-state index contributed by atoms with van der Waals surface area (Å²) in [6.45, 7) is 8.78. The highest BCUT2D eigenvalue weighted by Crippen LogP contribution is 2.49. The molecule has 9 nitrogen and oxygen atoms in total. The standard InChI is InChI=1S/C49H60O9/c1-47-28-46(54-32-38-22-14-7-15-23-38)48(2,34-52-30-36-18-10-5-11-19-36)58-45(47)27-41-39(56-47)24-25-44(55-41)49(3)43(50)26-40(53-31-37-20-12-6-13-21-37)42(57-49)33-51-29-35-16-8-4-9-17-35/h4-23,39-46,50H,24-34H2,1-3H3/t39-,40+,41+,42-,43-,44+,45-,46-,47+,48+,49-/m1/s1. The molecule has 4 aromatic carbocycles. The summed E-state index contributed by atoms with van der Waals surface area (Å²) in [6.07, 6.45) is 0.366. The highest BCUT2D eigenvalue weighted by Gasteiger charge is 2.60. The van der Waals surface area contributed by atoms with Gasteiger partial charge in [-0.25, -0.2) is 0 Å². The van der Waals surface area contributed by atoms with Crippen molar-refractivity contribution >= 4 is 0 Å². The third kappa shape index (κ3) is 9.60. The van der Waals surface area contributed by atoms with Gasteiger partial charge >= 0.3 is 0 Å². The SMILES string of the molecule is C[C@@]1([C@@H]2CC[C@H]3O[C@@]4(C)C[C@@H](OCc5ccccc5)[C@](C)(COCc5ccccc5)O[C@@H]4C[C@@H]3O2)O[C@H](COCc2ccccc2)[C@@H](OCc2ccccc2)C[C@H]1O. The lowest BCUT2D eigenvalue weighted by Crippen LogP contribution is -2.69. The predicted molar refractivity (Wildman–Crippen MR) is 220 cm³/mol. The summed E-state index contributed by atoms with van der Waals surface area (Å²) in [5.41, 5.74) is 2.09. The van der Waals surface area contributed by atoms with Gasteiger partial charge in [0.1, 0.15) is 17.3 Å². The number of ether oxygens (including phenoxy) is 8. The summed E-state index contributed by atoms with van der Waals surface area (Å²) < 4.78 is 53.8. The Kier molecular flexibility index (Phi) is 13.1. The van der Waals surface area contributed by atoms with Gasteiger partial charge in [0, 0.05) is 19.3 Å². The maximum atomic E-state index is 11.9. The van der Waals surface area contributed by atoms with Gasteiger partial charge < -0.3 is 43.0 Å². The Hall–Kier alpha value is -3.48. The van der Waals surface area contributed by atoms with Crippen LogP contribution in [-0.2, 0) is 64.3 Å². The Labute approximate surface area is 343 Å². The number of hydrogen-bond donors (Lipinski definition) is 1. The molecule has 4 fully saturated rings. The van der Waals surface area contributed by atoms with Crippen molar-refractivity contribution in [3.8, 4) is 0 Å². The van der Waals surface area contributed by atoms with Gasteiger partial charge in [0.2, 0.25) is 0 Å². The highest BCUT2D eigenvalue weighted by atomic mass is 16.6. The van der Waals surface area contributed by atoms with Crippen LogP contribution in [0.3, 0.4) is 0 Å². The minimum Gasteiger partial charge on any atom is -0.390 e. The van der Waals surface area contributed by atoms with E-state index in [1.807, 2.05) is 91.9 Å². The molecular formula is C49H60O9. The van der Waals surface area contributed by atoms with Crippen LogP contribution >= 0.6 is 0 Å². The molecule has 310 valence electrons. The first-order valence-electron chi connectivity index (χ1n) is 21.1. The van der Waals surface area contributed by atoms with Gasteiger partial charge in [-0.2, -0.15) is 0 Å². The normalized spacial score (nSPS) is 34.8. The lowest BCUT2D eigenvalue weighted by Gasteiger charge is -2.59. The van der Waals surface area contributed by atoms with Crippen molar-refractivity contribution in [1.29, 1.82) is 0 Å². The Morgan fingerprint density at radius 3 is 1.74 bits per heavy atom. The van der Waals surface area contributed by atoms with Crippen molar-refractivity contribution in [2.75, 3.05) is 13.2 Å². The van der Waals surface area contributed by atoms with Crippen molar-refractivity contribution in [2.45, 2.75) is 145 Å². The average Bonchev–Trinajstić information content (AvgIpc) is 3.24. The summed E-state index contributed by atoms with van der Waals surface area (Å²) in [5.74, 6) is 0. The van der Waals surface area contributed by atoms with E-state index in [4.69, 9.17) is 37.9 Å². The van der Waals surface area contributed by atoms with E-state index in [2.05, 4.69) is 50.2 Å². The van der Waals surface area contributed by atoms with Crippen LogP contribution in [0.1, 0.15) is 75.1 Å². The zero-order valence-corrected chi connectivity index (χ0v) is 34.2. The quantitative estimate of drug-likeness (QED) is 0.128. The molecule has 0 radical (unpaired) electrons. The number of fused-ring (bicyclic) bond motifs is 2. The molecule has 0 saturated carbocycles. The molecule has 9 heteroatoms. The molecule has 58 heavy (non-hydrogen) atoms. The van der Waals surface area contributed by atoms with E-state index in [0.29, 0.717) is 65.3 Å². The maximum absolute atomic E-state index is 11.9. The van der Waals surface area contributed by atoms with Gasteiger partial charge in [0.25, 0.3) is 0 Å². The zero-order chi connectivity index (χ0) is 40.0. The van der Waals surface area contributed by atoms with Gasteiger partial charge in [-0.15, -0.1) is 0 Å².